The monoisotopic (exact) mass is 210 g/mol. The summed E-state index contributed by atoms with van der Waals surface area (Å²) in [6.45, 7) is 4.87. The number of methoxy groups -OCH3 is 1. The van der Waals surface area contributed by atoms with E-state index in [2.05, 4.69) is 11.4 Å². The fraction of sp³-hybridized carbons (Fsp3) is 0.917. The number of ether oxygens (including phenoxy) is 1. The lowest BCUT2D eigenvalue weighted by Crippen LogP contribution is -2.38. The average Bonchev–Trinajstić information content (AvgIpc) is 2.65. The van der Waals surface area contributed by atoms with Crippen LogP contribution in [0.5, 0.6) is 0 Å². The molecule has 1 N–H and O–H groups in total. The Morgan fingerprint density at radius 3 is 2.80 bits per heavy atom. The van der Waals surface area contributed by atoms with Crippen molar-refractivity contribution in [1.82, 2.24) is 5.32 Å². The first-order chi connectivity index (χ1) is 7.09. The molecule has 0 aromatic carbocycles. The number of rotatable bonds is 5. The quantitative estimate of drug-likeness (QED) is 0.755. The van der Waals surface area contributed by atoms with Crippen LogP contribution in [0.25, 0.3) is 0 Å². The zero-order valence-corrected chi connectivity index (χ0v) is 10.0. The van der Waals surface area contributed by atoms with Gasteiger partial charge in [-0.05, 0) is 46.1 Å². The minimum Gasteiger partial charge on any atom is -0.380 e. The van der Waals surface area contributed by atoms with Crippen LogP contribution in [-0.4, -0.2) is 25.8 Å². The second kappa shape index (κ2) is 5.48. The van der Waals surface area contributed by atoms with E-state index in [0.717, 1.165) is 19.4 Å². The molecule has 0 aromatic heterocycles. The topological polar surface area (TPSA) is 45.0 Å². The fourth-order valence-corrected chi connectivity index (χ4v) is 2.07. The van der Waals surface area contributed by atoms with E-state index in [-0.39, 0.29) is 5.41 Å². The molecule has 1 saturated carbocycles. The highest BCUT2D eigenvalue weighted by Gasteiger charge is 2.27. The Kier molecular flexibility index (Phi) is 4.56. The number of nitriles is 1. The molecule has 0 saturated heterocycles. The van der Waals surface area contributed by atoms with Gasteiger partial charge in [0.05, 0.1) is 17.6 Å². The van der Waals surface area contributed by atoms with E-state index in [1.54, 1.807) is 7.11 Å². The predicted octanol–water partition coefficient (Wildman–Crippen LogP) is 2.08. The first-order valence-corrected chi connectivity index (χ1v) is 5.76. The predicted molar refractivity (Wildman–Crippen MR) is 60.4 cm³/mol. The lowest BCUT2D eigenvalue weighted by molar-refractivity contribution is 0.0846. The van der Waals surface area contributed by atoms with Crippen molar-refractivity contribution >= 4 is 0 Å². The van der Waals surface area contributed by atoms with E-state index in [0.29, 0.717) is 12.1 Å². The summed E-state index contributed by atoms with van der Waals surface area (Å²) >= 11 is 0. The lowest BCUT2D eigenvalue weighted by atomic mass is 9.91. The molecule has 1 fully saturated rings. The molecule has 0 heterocycles. The van der Waals surface area contributed by atoms with Crippen molar-refractivity contribution in [2.45, 2.75) is 51.7 Å². The standard InChI is InChI=1S/C12H22N2O/c1-12(2,9-13)7-8-14-10-5-4-6-11(10)15-3/h10-11,14H,4-8H2,1-3H3. The van der Waals surface area contributed by atoms with Crippen molar-refractivity contribution in [2.75, 3.05) is 13.7 Å². The van der Waals surface area contributed by atoms with Crippen molar-refractivity contribution in [3.8, 4) is 6.07 Å². The van der Waals surface area contributed by atoms with Crippen LogP contribution in [0.15, 0.2) is 0 Å². The van der Waals surface area contributed by atoms with Gasteiger partial charge in [0.1, 0.15) is 0 Å². The van der Waals surface area contributed by atoms with Crippen LogP contribution in [0.1, 0.15) is 39.5 Å². The van der Waals surface area contributed by atoms with E-state index >= 15 is 0 Å². The number of hydrogen-bond donors (Lipinski definition) is 1. The third-order valence-corrected chi connectivity index (χ3v) is 3.21. The Hall–Kier alpha value is -0.590. The summed E-state index contributed by atoms with van der Waals surface area (Å²) in [5, 5.41) is 12.4. The summed E-state index contributed by atoms with van der Waals surface area (Å²) in [5.41, 5.74) is -0.214. The highest BCUT2D eigenvalue weighted by molar-refractivity contribution is 4.92. The normalized spacial score (nSPS) is 26.5. The van der Waals surface area contributed by atoms with Gasteiger partial charge in [-0.3, -0.25) is 0 Å². The van der Waals surface area contributed by atoms with Gasteiger partial charge in [-0.2, -0.15) is 5.26 Å². The Bertz CT molecular complexity index is 232. The molecule has 15 heavy (non-hydrogen) atoms. The number of hydrogen-bond acceptors (Lipinski definition) is 3. The third-order valence-electron chi connectivity index (χ3n) is 3.21. The van der Waals surface area contributed by atoms with E-state index in [9.17, 15) is 0 Å². The van der Waals surface area contributed by atoms with Gasteiger partial charge in [-0.15, -0.1) is 0 Å². The Balaban J connectivity index is 2.23. The largest absolute Gasteiger partial charge is 0.380 e. The molecule has 2 atom stereocenters. The van der Waals surface area contributed by atoms with E-state index in [4.69, 9.17) is 10.00 Å². The molecule has 0 spiro atoms. The van der Waals surface area contributed by atoms with Gasteiger partial charge < -0.3 is 10.1 Å². The maximum atomic E-state index is 8.88. The molecule has 86 valence electrons. The molecule has 1 aliphatic carbocycles. The first-order valence-electron chi connectivity index (χ1n) is 5.76. The second-order valence-corrected chi connectivity index (χ2v) is 5.01. The molecular formula is C12H22N2O. The summed E-state index contributed by atoms with van der Waals surface area (Å²) in [5.74, 6) is 0. The molecule has 0 aromatic rings. The van der Waals surface area contributed by atoms with E-state index in [1.807, 2.05) is 13.8 Å². The Labute approximate surface area is 92.8 Å². The van der Waals surface area contributed by atoms with Gasteiger partial charge >= 0.3 is 0 Å². The van der Waals surface area contributed by atoms with E-state index < -0.39 is 0 Å². The van der Waals surface area contributed by atoms with Crippen LogP contribution < -0.4 is 5.32 Å². The van der Waals surface area contributed by atoms with Gasteiger partial charge in [0, 0.05) is 13.2 Å². The number of nitrogens with zero attached hydrogens (tertiary/aromatic N) is 1. The van der Waals surface area contributed by atoms with Gasteiger partial charge in [0.2, 0.25) is 0 Å². The van der Waals surface area contributed by atoms with Gasteiger partial charge in [-0.25, -0.2) is 0 Å². The van der Waals surface area contributed by atoms with Crippen molar-refractivity contribution in [1.29, 1.82) is 5.26 Å². The van der Waals surface area contributed by atoms with E-state index in [1.165, 1.54) is 12.8 Å². The Morgan fingerprint density at radius 1 is 1.47 bits per heavy atom. The van der Waals surface area contributed by atoms with Crippen molar-refractivity contribution in [2.24, 2.45) is 5.41 Å². The fourth-order valence-electron chi connectivity index (χ4n) is 2.07. The molecule has 0 aliphatic heterocycles. The number of nitrogens with one attached hydrogen (secondary N) is 1. The highest BCUT2D eigenvalue weighted by Crippen LogP contribution is 2.22. The molecule has 2 unspecified atom stereocenters. The van der Waals surface area contributed by atoms with Crippen molar-refractivity contribution in [3.05, 3.63) is 0 Å². The second-order valence-electron chi connectivity index (χ2n) is 5.01. The smallest absolute Gasteiger partial charge is 0.0724 e. The highest BCUT2D eigenvalue weighted by atomic mass is 16.5. The molecule has 1 aliphatic rings. The van der Waals surface area contributed by atoms with Crippen LogP contribution in [0, 0.1) is 16.7 Å². The minimum absolute atomic E-state index is 0.214. The van der Waals surface area contributed by atoms with Crippen LogP contribution in [0.2, 0.25) is 0 Å². The van der Waals surface area contributed by atoms with Crippen molar-refractivity contribution in [3.63, 3.8) is 0 Å². The SMILES string of the molecule is COC1CCCC1NCCC(C)(C)C#N. The van der Waals surface area contributed by atoms with Gasteiger partial charge in [0.15, 0.2) is 0 Å². The molecule has 0 bridgehead atoms. The lowest BCUT2D eigenvalue weighted by Gasteiger charge is -2.22. The molecule has 3 nitrogen and oxygen atoms in total. The first kappa shape index (κ1) is 12.5. The molecule has 0 radical (unpaired) electrons. The average molecular weight is 210 g/mol. The van der Waals surface area contributed by atoms with Gasteiger partial charge in [0.25, 0.3) is 0 Å². The van der Waals surface area contributed by atoms with Crippen LogP contribution in [0.3, 0.4) is 0 Å². The molecule has 1 rings (SSSR count). The summed E-state index contributed by atoms with van der Waals surface area (Å²) in [4.78, 5) is 0. The summed E-state index contributed by atoms with van der Waals surface area (Å²) in [7, 11) is 1.78. The maximum Gasteiger partial charge on any atom is 0.0724 e. The molecule has 3 heteroatoms. The zero-order chi connectivity index (χ0) is 11.3. The van der Waals surface area contributed by atoms with Crippen LogP contribution in [0.4, 0.5) is 0 Å². The van der Waals surface area contributed by atoms with Gasteiger partial charge in [-0.1, -0.05) is 0 Å². The maximum absolute atomic E-state index is 8.88. The molecular weight excluding hydrogens is 188 g/mol. The van der Waals surface area contributed by atoms with Crippen LogP contribution >= 0.6 is 0 Å². The summed E-state index contributed by atoms with van der Waals surface area (Å²) in [6.07, 6.45) is 4.88. The summed E-state index contributed by atoms with van der Waals surface area (Å²) in [6, 6.07) is 2.81. The summed E-state index contributed by atoms with van der Waals surface area (Å²) < 4.78 is 5.41. The van der Waals surface area contributed by atoms with Crippen LogP contribution in [-0.2, 0) is 4.74 Å². The third kappa shape index (κ3) is 3.81. The zero-order valence-electron chi connectivity index (χ0n) is 10.0. The van der Waals surface area contributed by atoms with Crippen molar-refractivity contribution < 1.29 is 4.74 Å². The molecule has 0 amide bonds. The minimum atomic E-state index is -0.214. The Morgan fingerprint density at radius 2 is 2.20 bits per heavy atom.